The number of hydrogen-bond donors (Lipinski definition) is 1. The third-order valence-corrected chi connectivity index (χ3v) is 4.34. The zero-order chi connectivity index (χ0) is 10.8. The second kappa shape index (κ2) is 4.40. The molecular formula is C14H23NO. The molecule has 2 aliphatic heterocycles. The van der Waals surface area contributed by atoms with Gasteiger partial charge in [-0.3, -0.25) is 0 Å². The van der Waals surface area contributed by atoms with Crippen LogP contribution in [0.15, 0.2) is 11.8 Å². The second-order valence-corrected chi connectivity index (χ2v) is 5.54. The molecule has 0 aromatic carbocycles. The van der Waals surface area contributed by atoms with E-state index in [2.05, 4.69) is 11.4 Å². The minimum Gasteiger partial charge on any atom is -0.496 e. The van der Waals surface area contributed by atoms with Crippen molar-refractivity contribution in [2.24, 2.45) is 5.92 Å². The van der Waals surface area contributed by atoms with Crippen LogP contribution in [0.3, 0.4) is 0 Å². The van der Waals surface area contributed by atoms with Gasteiger partial charge in [0.2, 0.25) is 0 Å². The van der Waals surface area contributed by atoms with Crippen molar-refractivity contribution in [3.05, 3.63) is 11.8 Å². The largest absolute Gasteiger partial charge is 0.496 e. The first kappa shape index (κ1) is 10.6. The first-order valence-electron chi connectivity index (χ1n) is 7.00. The molecule has 1 N–H and O–H groups in total. The van der Waals surface area contributed by atoms with E-state index in [0.717, 1.165) is 12.5 Å². The molecule has 2 heterocycles. The van der Waals surface area contributed by atoms with Gasteiger partial charge in [0.1, 0.15) is 5.76 Å². The molecule has 1 unspecified atom stereocenters. The smallest absolute Gasteiger partial charge is 0.112 e. The van der Waals surface area contributed by atoms with E-state index in [1.165, 1.54) is 63.7 Å². The summed E-state index contributed by atoms with van der Waals surface area (Å²) in [5.41, 5.74) is 0.233. The van der Waals surface area contributed by atoms with Gasteiger partial charge >= 0.3 is 0 Å². The Kier molecular flexibility index (Phi) is 2.93. The van der Waals surface area contributed by atoms with E-state index in [9.17, 15) is 0 Å². The molecular weight excluding hydrogens is 198 g/mol. The number of ether oxygens (including phenoxy) is 1. The Labute approximate surface area is 98.4 Å². The van der Waals surface area contributed by atoms with Crippen molar-refractivity contribution in [3.8, 4) is 0 Å². The summed E-state index contributed by atoms with van der Waals surface area (Å²) in [7, 11) is 0. The van der Waals surface area contributed by atoms with Crippen LogP contribution in [0.5, 0.6) is 0 Å². The standard InChI is InChI=1S/C14H23NO/c1-3-9-14(12-7-8-12,15-10-4-1)13-6-2-5-11-16-13/h6,12,15H,1-5,7-11H2. The molecule has 0 bridgehead atoms. The maximum atomic E-state index is 5.98. The van der Waals surface area contributed by atoms with Crippen molar-refractivity contribution in [3.63, 3.8) is 0 Å². The van der Waals surface area contributed by atoms with Gasteiger partial charge in [-0.25, -0.2) is 0 Å². The highest BCUT2D eigenvalue weighted by Crippen LogP contribution is 2.48. The fourth-order valence-electron chi connectivity index (χ4n) is 3.31. The van der Waals surface area contributed by atoms with Gasteiger partial charge in [0, 0.05) is 0 Å². The van der Waals surface area contributed by atoms with E-state index in [4.69, 9.17) is 4.74 Å². The SMILES string of the molecule is C1=C(C2(C3CC3)CCCCCN2)OCCC1. The summed E-state index contributed by atoms with van der Waals surface area (Å²) in [6.07, 6.45) is 12.9. The summed E-state index contributed by atoms with van der Waals surface area (Å²) >= 11 is 0. The van der Waals surface area contributed by atoms with E-state index in [0.29, 0.717) is 0 Å². The fourth-order valence-corrected chi connectivity index (χ4v) is 3.31. The molecule has 0 aromatic rings. The minimum absolute atomic E-state index is 0.233. The molecule has 0 amide bonds. The van der Waals surface area contributed by atoms with E-state index < -0.39 is 0 Å². The molecule has 1 aliphatic carbocycles. The third kappa shape index (κ3) is 1.88. The maximum absolute atomic E-state index is 5.98. The van der Waals surface area contributed by atoms with Crippen LogP contribution in [0, 0.1) is 5.92 Å². The molecule has 2 fully saturated rings. The first-order valence-corrected chi connectivity index (χ1v) is 7.00. The Morgan fingerprint density at radius 1 is 1.19 bits per heavy atom. The molecule has 2 nitrogen and oxygen atoms in total. The minimum atomic E-state index is 0.233. The Morgan fingerprint density at radius 3 is 2.88 bits per heavy atom. The third-order valence-electron chi connectivity index (χ3n) is 4.34. The number of rotatable bonds is 2. The van der Waals surface area contributed by atoms with Crippen LogP contribution < -0.4 is 5.32 Å². The molecule has 1 saturated heterocycles. The van der Waals surface area contributed by atoms with Crippen LogP contribution in [0.25, 0.3) is 0 Å². The van der Waals surface area contributed by atoms with Crippen LogP contribution in [-0.2, 0) is 4.74 Å². The first-order chi connectivity index (χ1) is 7.92. The van der Waals surface area contributed by atoms with E-state index in [1.54, 1.807) is 0 Å². The van der Waals surface area contributed by atoms with Gasteiger partial charge in [-0.15, -0.1) is 0 Å². The normalized spacial score (nSPS) is 36.1. The number of allylic oxidation sites excluding steroid dienone is 1. The lowest BCUT2D eigenvalue weighted by atomic mass is 9.84. The Hall–Kier alpha value is -0.500. The van der Waals surface area contributed by atoms with Gasteiger partial charge in [0.15, 0.2) is 0 Å². The van der Waals surface area contributed by atoms with Crippen molar-refractivity contribution in [2.45, 2.75) is 56.9 Å². The fraction of sp³-hybridized carbons (Fsp3) is 0.857. The average Bonchev–Trinajstić information content (AvgIpc) is 3.17. The second-order valence-electron chi connectivity index (χ2n) is 5.54. The van der Waals surface area contributed by atoms with Crippen molar-refractivity contribution in [2.75, 3.05) is 13.2 Å². The summed E-state index contributed by atoms with van der Waals surface area (Å²) in [6.45, 7) is 2.11. The molecule has 1 saturated carbocycles. The Balaban J connectivity index is 1.84. The predicted octanol–water partition coefficient (Wildman–Crippen LogP) is 2.99. The lowest BCUT2D eigenvalue weighted by molar-refractivity contribution is 0.116. The molecule has 16 heavy (non-hydrogen) atoms. The predicted molar refractivity (Wildman–Crippen MR) is 65.2 cm³/mol. The molecule has 3 aliphatic rings. The van der Waals surface area contributed by atoms with E-state index >= 15 is 0 Å². The molecule has 0 aromatic heterocycles. The summed E-state index contributed by atoms with van der Waals surface area (Å²) in [4.78, 5) is 0. The highest BCUT2D eigenvalue weighted by molar-refractivity contribution is 5.22. The molecule has 0 spiro atoms. The molecule has 90 valence electrons. The van der Waals surface area contributed by atoms with Gasteiger partial charge in [-0.2, -0.15) is 0 Å². The maximum Gasteiger partial charge on any atom is 0.112 e. The van der Waals surface area contributed by atoms with Gasteiger partial charge in [0.05, 0.1) is 12.1 Å². The van der Waals surface area contributed by atoms with Crippen molar-refractivity contribution < 1.29 is 4.74 Å². The van der Waals surface area contributed by atoms with Gasteiger partial charge in [0.25, 0.3) is 0 Å². The lowest BCUT2D eigenvalue weighted by Gasteiger charge is -2.37. The molecule has 0 radical (unpaired) electrons. The molecule has 3 rings (SSSR count). The highest BCUT2D eigenvalue weighted by atomic mass is 16.5. The molecule has 1 atom stereocenters. The highest BCUT2D eigenvalue weighted by Gasteiger charge is 2.48. The number of hydrogen-bond acceptors (Lipinski definition) is 2. The average molecular weight is 221 g/mol. The zero-order valence-electron chi connectivity index (χ0n) is 10.1. The van der Waals surface area contributed by atoms with Crippen molar-refractivity contribution >= 4 is 0 Å². The van der Waals surface area contributed by atoms with E-state index in [1.807, 2.05) is 0 Å². The zero-order valence-corrected chi connectivity index (χ0v) is 10.1. The quantitative estimate of drug-likeness (QED) is 0.774. The van der Waals surface area contributed by atoms with Crippen LogP contribution >= 0.6 is 0 Å². The van der Waals surface area contributed by atoms with Crippen LogP contribution in [0.1, 0.15) is 51.4 Å². The van der Waals surface area contributed by atoms with Gasteiger partial charge < -0.3 is 10.1 Å². The van der Waals surface area contributed by atoms with Crippen LogP contribution in [0.4, 0.5) is 0 Å². The Morgan fingerprint density at radius 2 is 2.12 bits per heavy atom. The summed E-state index contributed by atoms with van der Waals surface area (Å²) in [5.74, 6) is 2.15. The van der Waals surface area contributed by atoms with Gasteiger partial charge in [-0.1, -0.05) is 12.8 Å². The van der Waals surface area contributed by atoms with Crippen LogP contribution in [0.2, 0.25) is 0 Å². The summed E-state index contributed by atoms with van der Waals surface area (Å²) < 4.78 is 5.98. The monoisotopic (exact) mass is 221 g/mol. The van der Waals surface area contributed by atoms with Crippen LogP contribution in [-0.4, -0.2) is 18.7 Å². The summed E-state index contributed by atoms with van der Waals surface area (Å²) in [6, 6.07) is 0. The summed E-state index contributed by atoms with van der Waals surface area (Å²) in [5, 5.41) is 3.83. The van der Waals surface area contributed by atoms with Crippen molar-refractivity contribution in [1.82, 2.24) is 5.32 Å². The lowest BCUT2D eigenvalue weighted by Crippen LogP contribution is -2.49. The number of nitrogens with one attached hydrogen (secondary N) is 1. The Bertz CT molecular complexity index is 272. The molecule has 2 heteroatoms. The van der Waals surface area contributed by atoms with Crippen molar-refractivity contribution in [1.29, 1.82) is 0 Å². The topological polar surface area (TPSA) is 21.3 Å². The van der Waals surface area contributed by atoms with Gasteiger partial charge in [-0.05, 0) is 57.1 Å². The van der Waals surface area contributed by atoms with E-state index in [-0.39, 0.29) is 5.54 Å².